The summed E-state index contributed by atoms with van der Waals surface area (Å²) in [7, 11) is 0. The Morgan fingerprint density at radius 1 is 1.19 bits per heavy atom. The van der Waals surface area contributed by atoms with Gasteiger partial charge < -0.3 is 14.5 Å². The number of carbonyl (C=O) groups is 1. The monoisotopic (exact) mass is 365 g/mol. The molecule has 5 nitrogen and oxygen atoms in total. The van der Waals surface area contributed by atoms with Gasteiger partial charge in [-0.05, 0) is 44.2 Å². The lowest BCUT2D eigenvalue weighted by molar-refractivity contribution is -0.154. The zero-order chi connectivity index (χ0) is 18.2. The first kappa shape index (κ1) is 17.6. The van der Waals surface area contributed by atoms with E-state index in [1.54, 1.807) is 17.2 Å². The van der Waals surface area contributed by atoms with E-state index in [0.717, 1.165) is 19.3 Å². The number of pyridine rings is 1. The molecule has 3 heterocycles. The maximum Gasteiger partial charge on any atom is 0.260 e. The summed E-state index contributed by atoms with van der Waals surface area (Å²) in [5.41, 5.74) is -1.98. The lowest BCUT2D eigenvalue weighted by Crippen LogP contribution is -2.57. The van der Waals surface area contributed by atoms with Gasteiger partial charge in [-0.1, -0.05) is 0 Å². The van der Waals surface area contributed by atoms with Gasteiger partial charge in [-0.25, -0.2) is 13.8 Å². The van der Waals surface area contributed by atoms with E-state index in [0.29, 0.717) is 58.1 Å². The lowest BCUT2D eigenvalue weighted by atomic mass is 9.77. The molecule has 1 aromatic rings. The Balaban J connectivity index is 1.54. The van der Waals surface area contributed by atoms with Gasteiger partial charge in [-0.2, -0.15) is 0 Å². The normalized spacial score (nSPS) is 28.5. The van der Waals surface area contributed by atoms with Crippen LogP contribution in [0.5, 0.6) is 0 Å². The highest BCUT2D eigenvalue weighted by Crippen LogP contribution is 2.40. The fraction of sp³-hybridized carbons (Fsp3) is 0.684. The van der Waals surface area contributed by atoms with Gasteiger partial charge in [-0.3, -0.25) is 4.79 Å². The summed E-state index contributed by atoms with van der Waals surface area (Å²) >= 11 is 0. The number of halogens is 2. The highest BCUT2D eigenvalue weighted by molar-refractivity contribution is 5.86. The van der Waals surface area contributed by atoms with Crippen LogP contribution in [0.1, 0.15) is 32.1 Å². The minimum Gasteiger partial charge on any atom is -0.379 e. The molecule has 26 heavy (non-hydrogen) atoms. The van der Waals surface area contributed by atoms with Gasteiger partial charge in [0.25, 0.3) is 5.91 Å². The molecule has 7 heteroatoms. The van der Waals surface area contributed by atoms with Gasteiger partial charge in [0, 0.05) is 37.8 Å². The molecular weight excluding hydrogens is 340 g/mol. The van der Waals surface area contributed by atoms with E-state index in [1.807, 2.05) is 4.90 Å². The lowest BCUT2D eigenvalue weighted by Gasteiger charge is -2.46. The average Bonchev–Trinajstić information content (AvgIpc) is 2.82. The highest BCUT2D eigenvalue weighted by Gasteiger charge is 2.50. The molecule has 0 radical (unpaired) electrons. The number of piperidine rings is 1. The molecule has 1 atom stereocenters. The molecule has 3 fully saturated rings. The molecule has 1 saturated carbocycles. The van der Waals surface area contributed by atoms with E-state index >= 15 is 0 Å². The van der Waals surface area contributed by atoms with E-state index in [-0.39, 0.29) is 17.1 Å². The van der Waals surface area contributed by atoms with Crippen molar-refractivity contribution >= 4 is 11.7 Å². The number of hydrogen-bond donors (Lipinski definition) is 0. The topological polar surface area (TPSA) is 45.7 Å². The number of anilines is 1. The molecular formula is C19H25F2N3O2. The van der Waals surface area contributed by atoms with Gasteiger partial charge in [0.05, 0.1) is 13.2 Å². The first-order valence-corrected chi connectivity index (χ1v) is 9.43. The molecule has 3 aliphatic rings. The Labute approximate surface area is 152 Å². The summed E-state index contributed by atoms with van der Waals surface area (Å²) in [5, 5.41) is 0. The van der Waals surface area contributed by atoms with E-state index < -0.39 is 5.67 Å². The third-order valence-electron chi connectivity index (χ3n) is 5.96. The van der Waals surface area contributed by atoms with Crippen molar-refractivity contribution in [1.82, 2.24) is 9.88 Å². The van der Waals surface area contributed by atoms with E-state index in [4.69, 9.17) is 4.74 Å². The molecule has 4 rings (SSSR count). The number of ether oxygens (including phenoxy) is 1. The van der Waals surface area contributed by atoms with Gasteiger partial charge in [0.15, 0.2) is 17.3 Å². The number of hydrogen-bond acceptors (Lipinski definition) is 4. The predicted molar refractivity (Wildman–Crippen MR) is 93.2 cm³/mol. The Morgan fingerprint density at radius 3 is 2.77 bits per heavy atom. The largest absolute Gasteiger partial charge is 0.379 e. The molecule has 1 aliphatic carbocycles. The predicted octanol–water partition coefficient (Wildman–Crippen LogP) is 2.56. The van der Waals surface area contributed by atoms with Crippen molar-refractivity contribution < 1.29 is 18.3 Å². The van der Waals surface area contributed by atoms with Crippen molar-refractivity contribution in [2.45, 2.75) is 37.8 Å². The van der Waals surface area contributed by atoms with Crippen molar-refractivity contribution in [1.29, 1.82) is 0 Å². The first-order valence-electron chi connectivity index (χ1n) is 9.43. The smallest absolute Gasteiger partial charge is 0.260 e. The molecule has 0 N–H and O–H groups in total. The molecule has 1 spiro atoms. The van der Waals surface area contributed by atoms with Crippen molar-refractivity contribution in [2.24, 2.45) is 5.41 Å². The fourth-order valence-corrected chi connectivity index (χ4v) is 4.40. The summed E-state index contributed by atoms with van der Waals surface area (Å²) < 4.78 is 34.7. The van der Waals surface area contributed by atoms with Crippen LogP contribution in [0.15, 0.2) is 18.3 Å². The van der Waals surface area contributed by atoms with Gasteiger partial charge >= 0.3 is 0 Å². The summed E-state index contributed by atoms with van der Waals surface area (Å²) in [4.78, 5) is 20.4. The Bertz CT molecular complexity index is 683. The van der Waals surface area contributed by atoms with Crippen LogP contribution in [0.3, 0.4) is 0 Å². The zero-order valence-electron chi connectivity index (χ0n) is 14.9. The number of nitrogens with zero attached hydrogens (tertiary/aromatic N) is 3. The van der Waals surface area contributed by atoms with Gasteiger partial charge in [0.1, 0.15) is 0 Å². The van der Waals surface area contributed by atoms with E-state index in [1.165, 1.54) is 6.07 Å². The maximum absolute atomic E-state index is 14.6. The molecule has 2 saturated heterocycles. The number of amides is 1. The Morgan fingerprint density at radius 2 is 2.04 bits per heavy atom. The summed E-state index contributed by atoms with van der Waals surface area (Å²) in [6.07, 6.45) is 4.70. The molecule has 0 aromatic carbocycles. The summed E-state index contributed by atoms with van der Waals surface area (Å²) in [6, 6.07) is 2.98. The maximum atomic E-state index is 14.6. The second kappa shape index (κ2) is 6.76. The van der Waals surface area contributed by atoms with Crippen molar-refractivity contribution in [3.8, 4) is 0 Å². The third-order valence-corrected chi connectivity index (χ3v) is 5.96. The van der Waals surface area contributed by atoms with Crippen LogP contribution >= 0.6 is 0 Å². The SMILES string of the molecule is O=C(N1CCCC2(COCCN(c3ncccc3F)C2)C1)C1(F)CCC1. The Kier molecular flexibility index (Phi) is 4.59. The van der Waals surface area contributed by atoms with Crippen molar-refractivity contribution in [3.63, 3.8) is 0 Å². The van der Waals surface area contributed by atoms with Gasteiger partial charge in [-0.15, -0.1) is 0 Å². The molecule has 1 amide bonds. The van der Waals surface area contributed by atoms with E-state index in [9.17, 15) is 13.6 Å². The highest BCUT2D eigenvalue weighted by atomic mass is 19.1. The molecule has 142 valence electrons. The van der Waals surface area contributed by atoms with Crippen molar-refractivity contribution in [2.75, 3.05) is 44.3 Å². The zero-order valence-corrected chi connectivity index (χ0v) is 14.9. The average molecular weight is 365 g/mol. The Hall–Kier alpha value is -1.76. The quantitative estimate of drug-likeness (QED) is 0.808. The number of likely N-dealkylation sites (tertiary alicyclic amines) is 1. The molecule has 1 unspecified atom stereocenters. The van der Waals surface area contributed by atoms with Crippen LogP contribution in [-0.2, 0) is 9.53 Å². The number of alkyl halides is 1. The van der Waals surface area contributed by atoms with Crippen LogP contribution in [-0.4, -0.2) is 60.9 Å². The van der Waals surface area contributed by atoms with Crippen LogP contribution in [0.25, 0.3) is 0 Å². The van der Waals surface area contributed by atoms with Gasteiger partial charge in [0.2, 0.25) is 0 Å². The van der Waals surface area contributed by atoms with Crippen molar-refractivity contribution in [3.05, 3.63) is 24.1 Å². The summed E-state index contributed by atoms with van der Waals surface area (Å²) in [5.74, 6) is -0.408. The minimum atomic E-state index is -1.67. The standard InChI is InChI=1S/C19H25F2N3O2/c20-15-4-1-8-22-16(15)23-10-11-26-14-18(12-23)5-3-9-24(13-18)17(25)19(21)6-2-7-19/h1,4,8H,2-3,5-7,9-14H2. The van der Waals surface area contributed by atoms with Crippen LogP contribution < -0.4 is 4.90 Å². The molecule has 1 aromatic heterocycles. The van der Waals surface area contributed by atoms with Crippen LogP contribution in [0.2, 0.25) is 0 Å². The van der Waals surface area contributed by atoms with Crippen LogP contribution in [0.4, 0.5) is 14.6 Å². The fourth-order valence-electron chi connectivity index (χ4n) is 4.40. The van der Waals surface area contributed by atoms with Crippen LogP contribution in [0, 0.1) is 11.2 Å². The molecule has 0 bridgehead atoms. The number of rotatable bonds is 2. The number of carbonyl (C=O) groups excluding carboxylic acids is 1. The first-order chi connectivity index (χ1) is 12.5. The second-order valence-corrected chi connectivity index (χ2v) is 7.93. The number of aromatic nitrogens is 1. The second-order valence-electron chi connectivity index (χ2n) is 7.93. The molecule has 2 aliphatic heterocycles. The summed E-state index contributed by atoms with van der Waals surface area (Å²) in [6.45, 7) is 3.15. The van der Waals surface area contributed by atoms with E-state index in [2.05, 4.69) is 4.98 Å². The minimum absolute atomic E-state index is 0.311. The third kappa shape index (κ3) is 3.17.